The predicted molar refractivity (Wildman–Crippen MR) is 89.4 cm³/mol. The maximum Gasteiger partial charge on any atom is 0.412 e. The van der Waals surface area contributed by atoms with Gasteiger partial charge in [-0.25, -0.2) is 4.79 Å². The zero-order valence-electron chi connectivity index (χ0n) is 13.4. The Morgan fingerprint density at radius 2 is 1.77 bits per heavy atom. The smallest absolute Gasteiger partial charge is 0.410 e. The number of rotatable bonds is 5. The number of amides is 1. The monoisotopic (exact) mass is 297 g/mol. The molecule has 116 valence electrons. The van der Waals surface area contributed by atoms with E-state index >= 15 is 0 Å². The highest BCUT2D eigenvalue weighted by molar-refractivity contribution is 5.70. The molecule has 2 rings (SSSR count). The zero-order valence-corrected chi connectivity index (χ0v) is 13.4. The van der Waals surface area contributed by atoms with E-state index in [1.807, 2.05) is 24.3 Å². The number of nitrogens with one attached hydrogen (secondary N) is 1. The third-order valence-corrected chi connectivity index (χ3v) is 3.55. The molecule has 2 aromatic carbocycles. The van der Waals surface area contributed by atoms with E-state index in [1.165, 1.54) is 11.1 Å². The first-order valence-electron chi connectivity index (χ1n) is 7.66. The fraction of sp³-hybridized carbons (Fsp3) is 0.316. The molecule has 1 amide bonds. The maximum atomic E-state index is 11.9. The van der Waals surface area contributed by atoms with Crippen molar-refractivity contribution in [3.8, 4) is 5.75 Å². The van der Waals surface area contributed by atoms with Crippen molar-refractivity contribution in [2.75, 3.05) is 6.54 Å². The van der Waals surface area contributed by atoms with Crippen LogP contribution in [0.2, 0.25) is 0 Å². The molecule has 0 radical (unpaired) electrons. The average molecular weight is 297 g/mol. The molecule has 3 heteroatoms. The van der Waals surface area contributed by atoms with Gasteiger partial charge in [-0.1, -0.05) is 61.9 Å². The van der Waals surface area contributed by atoms with Gasteiger partial charge in [-0.05, 0) is 36.5 Å². The lowest BCUT2D eigenvalue weighted by Crippen LogP contribution is -2.29. The third kappa shape index (κ3) is 4.62. The largest absolute Gasteiger partial charge is 0.412 e. The number of para-hydroxylation sites is 1. The van der Waals surface area contributed by atoms with Gasteiger partial charge in [0.1, 0.15) is 5.75 Å². The van der Waals surface area contributed by atoms with Crippen molar-refractivity contribution in [1.29, 1.82) is 0 Å². The normalized spacial score (nSPS) is 10.5. The second-order valence-electron chi connectivity index (χ2n) is 5.74. The van der Waals surface area contributed by atoms with Gasteiger partial charge in [-0.15, -0.1) is 0 Å². The van der Waals surface area contributed by atoms with Gasteiger partial charge in [0, 0.05) is 6.54 Å². The molecule has 0 heterocycles. The molecule has 0 unspecified atom stereocenters. The van der Waals surface area contributed by atoms with Crippen LogP contribution in [0.5, 0.6) is 5.75 Å². The first kappa shape index (κ1) is 16.1. The van der Waals surface area contributed by atoms with Crippen molar-refractivity contribution in [2.45, 2.75) is 33.1 Å². The Balaban J connectivity index is 1.84. The van der Waals surface area contributed by atoms with Crippen molar-refractivity contribution < 1.29 is 9.53 Å². The number of ether oxygens (including phenoxy) is 1. The van der Waals surface area contributed by atoms with Crippen LogP contribution in [-0.4, -0.2) is 12.6 Å². The maximum absolute atomic E-state index is 11.9. The summed E-state index contributed by atoms with van der Waals surface area (Å²) in [6, 6.07) is 16.0. The van der Waals surface area contributed by atoms with E-state index in [4.69, 9.17) is 4.74 Å². The number of hydrogen-bond donors (Lipinski definition) is 1. The summed E-state index contributed by atoms with van der Waals surface area (Å²) < 4.78 is 5.41. The van der Waals surface area contributed by atoms with Crippen molar-refractivity contribution in [2.24, 2.45) is 0 Å². The van der Waals surface area contributed by atoms with Gasteiger partial charge >= 0.3 is 6.09 Å². The fourth-order valence-corrected chi connectivity index (χ4v) is 2.25. The van der Waals surface area contributed by atoms with Crippen molar-refractivity contribution in [1.82, 2.24) is 5.32 Å². The topological polar surface area (TPSA) is 38.3 Å². The Kier molecular flexibility index (Phi) is 5.59. The molecule has 1 N–H and O–H groups in total. The summed E-state index contributed by atoms with van der Waals surface area (Å²) >= 11 is 0. The van der Waals surface area contributed by atoms with E-state index < -0.39 is 6.09 Å². The Bertz CT molecular complexity index is 618. The van der Waals surface area contributed by atoms with Crippen molar-refractivity contribution in [3.63, 3.8) is 0 Å². The van der Waals surface area contributed by atoms with E-state index in [-0.39, 0.29) is 0 Å². The summed E-state index contributed by atoms with van der Waals surface area (Å²) in [7, 11) is 0. The van der Waals surface area contributed by atoms with Gasteiger partial charge in [0.05, 0.1) is 0 Å². The molecular formula is C19H23NO2. The van der Waals surface area contributed by atoms with Crippen LogP contribution in [0.3, 0.4) is 0 Å². The lowest BCUT2D eigenvalue weighted by Gasteiger charge is -2.13. The van der Waals surface area contributed by atoms with Crippen molar-refractivity contribution in [3.05, 3.63) is 65.2 Å². The van der Waals surface area contributed by atoms with Crippen LogP contribution < -0.4 is 10.1 Å². The minimum Gasteiger partial charge on any atom is -0.410 e. The van der Waals surface area contributed by atoms with Gasteiger partial charge in [0.15, 0.2) is 0 Å². The molecule has 0 spiro atoms. The van der Waals surface area contributed by atoms with Crippen LogP contribution in [0.4, 0.5) is 4.79 Å². The summed E-state index contributed by atoms with van der Waals surface area (Å²) in [5, 5.41) is 2.80. The summed E-state index contributed by atoms with van der Waals surface area (Å²) in [5.41, 5.74) is 3.48. The highest BCUT2D eigenvalue weighted by Gasteiger charge is 2.10. The Hall–Kier alpha value is -2.29. The third-order valence-electron chi connectivity index (χ3n) is 3.55. The summed E-state index contributed by atoms with van der Waals surface area (Å²) in [5.74, 6) is 0.946. The highest BCUT2D eigenvalue weighted by atomic mass is 16.6. The SMILES string of the molecule is Cc1ccc(CCNC(=O)Oc2ccccc2C(C)C)cc1. The molecule has 0 saturated carbocycles. The molecule has 0 saturated heterocycles. The number of benzene rings is 2. The molecule has 22 heavy (non-hydrogen) atoms. The summed E-state index contributed by atoms with van der Waals surface area (Å²) in [6.07, 6.45) is 0.390. The van der Waals surface area contributed by atoms with Gasteiger partial charge < -0.3 is 10.1 Å². The standard InChI is InChI=1S/C19H23NO2/c1-14(2)17-6-4-5-7-18(17)22-19(21)20-13-12-16-10-8-15(3)9-11-16/h4-11,14H,12-13H2,1-3H3,(H,20,21). The van der Waals surface area contributed by atoms with Crippen LogP contribution in [0.15, 0.2) is 48.5 Å². The quantitative estimate of drug-likeness (QED) is 0.885. The van der Waals surface area contributed by atoms with Gasteiger partial charge in [-0.3, -0.25) is 0 Å². The summed E-state index contributed by atoms with van der Waals surface area (Å²) in [6.45, 7) is 6.78. The summed E-state index contributed by atoms with van der Waals surface area (Å²) in [4.78, 5) is 11.9. The molecule has 2 aromatic rings. The molecule has 0 aliphatic carbocycles. The molecule has 0 bridgehead atoms. The molecule has 3 nitrogen and oxygen atoms in total. The second kappa shape index (κ2) is 7.64. The van der Waals surface area contributed by atoms with Crippen LogP contribution >= 0.6 is 0 Å². The van der Waals surface area contributed by atoms with E-state index in [2.05, 4.69) is 50.4 Å². The highest BCUT2D eigenvalue weighted by Crippen LogP contribution is 2.25. The van der Waals surface area contributed by atoms with E-state index in [0.717, 1.165) is 12.0 Å². The van der Waals surface area contributed by atoms with Crippen molar-refractivity contribution >= 4 is 6.09 Å². The number of carbonyl (C=O) groups is 1. The van der Waals surface area contributed by atoms with E-state index in [0.29, 0.717) is 18.2 Å². The number of aryl methyl sites for hydroxylation is 1. The van der Waals surface area contributed by atoms with Crippen LogP contribution in [-0.2, 0) is 6.42 Å². The molecule has 0 atom stereocenters. The minimum absolute atomic E-state index is 0.316. The Morgan fingerprint density at radius 1 is 1.09 bits per heavy atom. The zero-order chi connectivity index (χ0) is 15.9. The van der Waals surface area contributed by atoms with E-state index in [9.17, 15) is 4.79 Å². The first-order chi connectivity index (χ1) is 10.6. The molecular weight excluding hydrogens is 274 g/mol. The molecule has 0 fully saturated rings. The van der Waals surface area contributed by atoms with Crippen LogP contribution in [0, 0.1) is 6.92 Å². The van der Waals surface area contributed by atoms with Gasteiger partial charge in [0.2, 0.25) is 0 Å². The lowest BCUT2D eigenvalue weighted by atomic mass is 10.0. The fourth-order valence-electron chi connectivity index (χ4n) is 2.25. The van der Waals surface area contributed by atoms with Gasteiger partial charge in [-0.2, -0.15) is 0 Å². The molecule has 0 aliphatic heterocycles. The molecule has 0 aliphatic rings. The Labute approximate surface area is 132 Å². The van der Waals surface area contributed by atoms with E-state index in [1.54, 1.807) is 0 Å². The average Bonchev–Trinajstić information content (AvgIpc) is 2.49. The van der Waals surface area contributed by atoms with Gasteiger partial charge in [0.25, 0.3) is 0 Å². The number of hydrogen-bond acceptors (Lipinski definition) is 2. The number of carbonyl (C=O) groups excluding carboxylic acids is 1. The molecule has 0 aromatic heterocycles. The predicted octanol–water partition coefficient (Wildman–Crippen LogP) is 4.45. The first-order valence-corrected chi connectivity index (χ1v) is 7.66. The van der Waals surface area contributed by atoms with Crippen LogP contribution in [0.1, 0.15) is 36.5 Å². The minimum atomic E-state index is -0.403. The van der Waals surface area contributed by atoms with Crippen LogP contribution in [0.25, 0.3) is 0 Å². The lowest BCUT2D eigenvalue weighted by molar-refractivity contribution is 0.200. The Morgan fingerprint density at radius 3 is 2.45 bits per heavy atom. The second-order valence-corrected chi connectivity index (χ2v) is 5.74.